The molecule has 28 heavy (non-hydrogen) atoms. The van der Waals surface area contributed by atoms with Gasteiger partial charge in [-0.15, -0.1) is 0 Å². The van der Waals surface area contributed by atoms with E-state index < -0.39 is 35.6 Å². The van der Waals surface area contributed by atoms with Crippen molar-refractivity contribution in [3.8, 4) is 0 Å². The zero-order chi connectivity index (χ0) is 20.7. The lowest BCUT2D eigenvalue weighted by atomic mass is 10.0. The molecular weight excluding hydrogens is 429 g/mol. The van der Waals surface area contributed by atoms with E-state index in [4.69, 9.17) is 5.73 Å². The van der Waals surface area contributed by atoms with Gasteiger partial charge >= 0.3 is 0 Å². The molecule has 3 amide bonds. The Hall–Kier alpha value is -2.74. The predicted octanol–water partition coefficient (Wildman–Crippen LogP) is 1.85. The molecule has 0 saturated carbocycles. The van der Waals surface area contributed by atoms with Crippen LogP contribution in [0.5, 0.6) is 0 Å². The highest BCUT2D eigenvalue weighted by Gasteiger charge is 2.26. The summed E-state index contributed by atoms with van der Waals surface area (Å²) in [7, 11) is 0. The van der Waals surface area contributed by atoms with E-state index in [1.807, 2.05) is 12.1 Å². The molecule has 8 heteroatoms. The summed E-state index contributed by atoms with van der Waals surface area (Å²) in [5.74, 6) is -2.24. The fourth-order valence-corrected chi connectivity index (χ4v) is 2.95. The van der Waals surface area contributed by atoms with Crippen LogP contribution in [0.1, 0.15) is 18.1 Å². The molecule has 2 aromatic rings. The highest BCUT2D eigenvalue weighted by Crippen LogP contribution is 2.13. The minimum atomic E-state index is -1.04. The van der Waals surface area contributed by atoms with Gasteiger partial charge in [-0.25, -0.2) is 4.39 Å². The molecule has 0 aliphatic carbocycles. The van der Waals surface area contributed by atoms with Gasteiger partial charge in [-0.2, -0.15) is 0 Å². The third-order valence-electron chi connectivity index (χ3n) is 4.09. The Kier molecular flexibility index (Phi) is 7.69. The van der Waals surface area contributed by atoms with E-state index in [9.17, 15) is 18.8 Å². The molecule has 2 rings (SSSR count). The number of benzene rings is 2. The second kappa shape index (κ2) is 9.98. The van der Waals surface area contributed by atoms with Gasteiger partial charge < -0.3 is 16.4 Å². The van der Waals surface area contributed by atoms with E-state index in [0.29, 0.717) is 0 Å². The first-order valence-electron chi connectivity index (χ1n) is 8.61. The molecule has 0 saturated heterocycles. The van der Waals surface area contributed by atoms with Crippen molar-refractivity contribution in [3.63, 3.8) is 0 Å². The SMILES string of the molecule is CC(=O)N[C@@H](Cc1ccccc1F)C(=O)N[C@@H](Cc1ccc(Br)cc1)C(N)=O. The third-order valence-corrected chi connectivity index (χ3v) is 4.62. The van der Waals surface area contributed by atoms with Crippen LogP contribution in [-0.2, 0) is 27.2 Å². The molecule has 0 aliphatic heterocycles. The minimum absolute atomic E-state index is 0.0537. The standard InChI is InChI=1S/C20H21BrFN3O3/c1-12(26)24-18(11-14-4-2-3-5-16(14)22)20(28)25-17(19(23)27)10-13-6-8-15(21)9-7-13/h2-9,17-18H,10-11H2,1H3,(H2,23,27)(H,24,26)(H,25,28)/t17-,18-/m0/s1. The second-order valence-electron chi connectivity index (χ2n) is 6.34. The number of carbonyl (C=O) groups is 3. The van der Waals surface area contributed by atoms with Crippen LogP contribution in [0.25, 0.3) is 0 Å². The summed E-state index contributed by atoms with van der Waals surface area (Å²) in [5.41, 5.74) is 6.51. The Labute approximate surface area is 170 Å². The van der Waals surface area contributed by atoms with E-state index in [-0.39, 0.29) is 18.4 Å². The van der Waals surface area contributed by atoms with Gasteiger partial charge in [0, 0.05) is 24.2 Å². The maximum Gasteiger partial charge on any atom is 0.243 e. The van der Waals surface area contributed by atoms with Crippen molar-refractivity contribution in [1.29, 1.82) is 0 Å². The lowest BCUT2D eigenvalue weighted by Gasteiger charge is -2.22. The molecule has 6 nitrogen and oxygen atoms in total. The van der Waals surface area contributed by atoms with Crippen LogP contribution >= 0.6 is 15.9 Å². The highest BCUT2D eigenvalue weighted by molar-refractivity contribution is 9.10. The molecule has 2 aromatic carbocycles. The van der Waals surface area contributed by atoms with Crippen molar-refractivity contribution in [2.75, 3.05) is 0 Å². The van der Waals surface area contributed by atoms with Crippen LogP contribution in [0, 0.1) is 5.82 Å². The Morgan fingerprint density at radius 2 is 1.64 bits per heavy atom. The number of amides is 3. The van der Waals surface area contributed by atoms with Gasteiger partial charge in [0.2, 0.25) is 17.7 Å². The van der Waals surface area contributed by atoms with Crippen LogP contribution < -0.4 is 16.4 Å². The average Bonchev–Trinajstić information content (AvgIpc) is 2.63. The van der Waals surface area contributed by atoms with Crippen molar-refractivity contribution >= 4 is 33.7 Å². The summed E-state index contributed by atoms with van der Waals surface area (Å²) in [6.45, 7) is 1.26. The number of primary amides is 1. The summed E-state index contributed by atoms with van der Waals surface area (Å²) in [6.07, 6.45) is 0.142. The van der Waals surface area contributed by atoms with E-state index in [1.54, 1.807) is 18.2 Å². The molecule has 0 aromatic heterocycles. The maximum absolute atomic E-state index is 13.9. The number of hydrogen-bond acceptors (Lipinski definition) is 3. The smallest absolute Gasteiger partial charge is 0.243 e. The number of halogens is 2. The van der Waals surface area contributed by atoms with Gasteiger partial charge in [0.15, 0.2) is 0 Å². The number of nitrogens with one attached hydrogen (secondary N) is 2. The first-order chi connectivity index (χ1) is 13.3. The van der Waals surface area contributed by atoms with Crippen molar-refractivity contribution in [1.82, 2.24) is 10.6 Å². The molecule has 0 unspecified atom stereocenters. The van der Waals surface area contributed by atoms with Crippen molar-refractivity contribution < 1.29 is 18.8 Å². The van der Waals surface area contributed by atoms with E-state index in [2.05, 4.69) is 26.6 Å². The summed E-state index contributed by atoms with van der Waals surface area (Å²) >= 11 is 3.33. The third kappa shape index (κ3) is 6.45. The summed E-state index contributed by atoms with van der Waals surface area (Å²) < 4.78 is 14.8. The first kappa shape index (κ1) is 21.6. The second-order valence-corrected chi connectivity index (χ2v) is 7.26. The maximum atomic E-state index is 13.9. The van der Waals surface area contributed by atoms with Crippen molar-refractivity contribution in [2.45, 2.75) is 31.8 Å². The fourth-order valence-electron chi connectivity index (χ4n) is 2.69. The number of hydrogen-bond donors (Lipinski definition) is 3. The van der Waals surface area contributed by atoms with Crippen LogP contribution in [0.3, 0.4) is 0 Å². The molecule has 0 heterocycles. The Morgan fingerprint density at radius 1 is 1.00 bits per heavy atom. The van der Waals surface area contributed by atoms with Gasteiger partial charge in [0.1, 0.15) is 17.9 Å². The number of nitrogens with two attached hydrogens (primary N) is 1. The lowest BCUT2D eigenvalue weighted by Crippen LogP contribution is -2.54. The summed E-state index contributed by atoms with van der Waals surface area (Å²) in [4.78, 5) is 36.0. The largest absolute Gasteiger partial charge is 0.368 e. The quantitative estimate of drug-likeness (QED) is 0.572. The molecule has 0 spiro atoms. The van der Waals surface area contributed by atoms with Gasteiger partial charge in [-0.05, 0) is 29.3 Å². The van der Waals surface area contributed by atoms with Gasteiger partial charge in [-0.3, -0.25) is 14.4 Å². The lowest BCUT2D eigenvalue weighted by molar-refractivity contribution is -0.130. The summed E-state index contributed by atoms with van der Waals surface area (Å²) in [5, 5.41) is 5.06. The zero-order valence-electron chi connectivity index (χ0n) is 15.2. The Bertz CT molecular complexity index is 858. The molecule has 0 bridgehead atoms. The highest BCUT2D eigenvalue weighted by atomic mass is 79.9. The van der Waals surface area contributed by atoms with Gasteiger partial charge in [-0.1, -0.05) is 46.3 Å². The molecular formula is C20H21BrFN3O3. The zero-order valence-corrected chi connectivity index (χ0v) is 16.8. The van der Waals surface area contributed by atoms with Gasteiger partial charge in [0.25, 0.3) is 0 Å². The van der Waals surface area contributed by atoms with E-state index in [0.717, 1.165) is 10.0 Å². The summed E-state index contributed by atoms with van der Waals surface area (Å²) in [6, 6.07) is 11.2. The average molecular weight is 450 g/mol. The van der Waals surface area contributed by atoms with E-state index in [1.165, 1.54) is 25.1 Å². The van der Waals surface area contributed by atoms with Crippen LogP contribution in [0.4, 0.5) is 4.39 Å². The van der Waals surface area contributed by atoms with Crippen molar-refractivity contribution in [2.24, 2.45) is 5.73 Å². The molecule has 2 atom stereocenters. The monoisotopic (exact) mass is 449 g/mol. The topological polar surface area (TPSA) is 101 Å². The van der Waals surface area contributed by atoms with E-state index >= 15 is 0 Å². The van der Waals surface area contributed by atoms with Crippen LogP contribution in [-0.4, -0.2) is 29.8 Å². The van der Waals surface area contributed by atoms with Crippen LogP contribution in [0.2, 0.25) is 0 Å². The molecule has 148 valence electrons. The fraction of sp³-hybridized carbons (Fsp3) is 0.250. The molecule has 4 N–H and O–H groups in total. The number of carbonyl (C=O) groups excluding carboxylic acids is 3. The van der Waals surface area contributed by atoms with Gasteiger partial charge in [0.05, 0.1) is 0 Å². The van der Waals surface area contributed by atoms with Crippen molar-refractivity contribution in [3.05, 3.63) is 69.9 Å². The first-order valence-corrected chi connectivity index (χ1v) is 9.40. The molecule has 0 aliphatic rings. The Morgan fingerprint density at radius 3 is 2.21 bits per heavy atom. The van der Waals surface area contributed by atoms with Crippen LogP contribution in [0.15, 0.2) is 53.0 Å². The Balaban J connectivity index is 2.14. The molecule has 0 fully saturated rings. The predicted molar refractivity (Wildman–Crippen MR) is 107 cm³/mol. The minimum Gasteiger partial charge on any atom is -0.368 e. The number of rotatable bonds is 8. The normalized spacial score (nSPS) is 12.7. The molecule has 0 radical (unpaired) electrons.